The molecule has 6 heteroatoms. The lowest BCUT2D eigenvalue weighted by molar-refractivity contribution is -0.113. The molecule has 1 unspecified atom stereocenters. The van der Waals surface area contributed by atoms with Crippen LogP contribution in [-0.4, -0.2) is 23.7 Å². The third-order valence-electron chi connectivity index (χ3n) is 3.27. The quantitative estimate of drug-likeness (QED) is 0.630. The Morgan fingerprint density at radius 1 is 1.20 bits per heavy atom. The molecule has 0 radical (unpaired) electrons. The van der Waals surface area contributed by atoms with Crippen molar-refractivity contribution in [2.24, 2.45) is 0 Å². The van der Waals surface area contributed by atoms with Crippen LogP contribution in [0.3, 0.4) is 0 Å². The summed E-state index contributed by atoms with van der Waals surface area (Å²) in [5.41, 5.74) is 2.19. The van der Waals surface area contributed by atoms with Crippen LogP contribution in [0.2, 0.25) is 0 Å². The highest BCUT2D eigenvalue weighted by Gasteiger charge is 2.16. The first-order chi connectivity index (χ1) is 12.0. The van der Waals surface area contributed by atoms with E-state index in [0.29, 0.717) is 10.5 Å². The summed E-state index contributed by atoms with van der Waals surface area (Å²) in [6, 6.07) is 16.2. The molecule has 0 spiro atoms. The Hall–Kier alpha value is -2.78. The van der Waals surface area contributed by atoms with Gasteiger partial charge in [-0.25, -0.2) is 4.79 Å². The minimum absolute atomic E-state index is 0.159. The second-order valence-corrected chi connectivity index (χ2v) is 6.39. The van der Waals surface area contributed by atoms with Crippen molar-refractivity contribution in [1.29, 1.82) is 5.26 Å². The van der Waals surface area contributed by atoms with Crippen LogP contribution in [0.25, 0.3) is 0 Å². The lowest BCUT2D eigenvalue weighted by Crippen LogP contribution is -2.16. The maximum Gasteiger partial charge on any atom is 0.340 e. The number of nitrogens with one attached hydrogen (secondary N) is 1. The van der Waals surface area contributed by atoms with Gasteiger partial charge in [-0.15, -0.1) is 11.8 Å². The molecule has 1 amide bonds. The van der Waals surface area contributed by atoms with Crippen LogP contribution in [-0.2, 0) is 9.53 Å². The van der Waals surface area contributed by atoms with Gasteiger partial charge < -0.3 is 10.1 Å². The molecule has 1 atom stereocenters. The first-order valence-electron chi connectivity index (χ1n) is 7.68. The van der Waals surface area contributed by atoms with E-state index in [1.807, 2.05) is 37.3 Å². The summed E-state index contributed by atoms with van der Waals surface area (Å²) in [6.07, 6.45) is -0.824. The summed E-state index contributed by atoms with van der Waals surface area (Å²) in [5, 5.41) is 11.6. The van der Waals surface area contributed by atoms with Crippen LogP contribution in [0.4, 0.5) is 5.69 Å². The average molecular weight is 354 g/mol. The Labute approximate surface area is 151 Å². The number of hydrogen-bond acceptors (Lipinski definition) is 5. The largest absolute Gasteiger partial charge is 0.444 e. The van der Waals surface area contributed by atoms with Crippen LogP contribution < -0.4 is 5.32 Å². The Morgan fingerprint density at radius 2 is 1.88 bits per heavy atom. The molecule has 1 N–H and O–H groups in total. The minimum atomic E-state index is -0.824. The fraction of sp³-hybridized carbons (Fsp3) is 0.211. The standard InChI is InChI=1S/C19H18N2O3S/c1-13-7-9-15(10-8-13)21-18(22)12-25-17-6-4-3-5-16(17)19(23)24-14(2)11-20/h3-10,14H,12H2,1-2H3,(H,21,22). The van der Waals surface area contributed by atoms with Crippen molar-refractivity contribution in [3.8, 4) is 6.07 Å². The highest BCUT2D eigenvalue weighted by molar-refractivity contribution is 8.00. The maximum atomic E-state index is 12.1. The molecule has 0 saturated heterocycles. The zero-order valence-corrected chi connectivity index (χ0v) is 14.8. The van der Waals surface area contributed by atoms with Gasteiger partial charge in [0.2, 0.25) is 5.91 Å². The van der Waals surface area contributed by atoms with Crippen LogP contribution >= 0.6 is 11.8 Å². The Balaban J connectivity index is 1.98. The van der Waals surface area contributed by atoms with Crippen LogP contribution in [0.15, 0.2) is 53.4 Å². The zero-order chi connectivity index (χ0) is 18.2. The summed E-state index contributed by atoms with van der Waals surface area (Å²) in [7, 11) is 0. The molecule has 5 nitrogen and oxygen atoms in total. The molecule has 0 aliphatic heterocycles. The molecule has 25 heavy (non-hydrogen) atoms. The normalized spacial score (nSPS) is 11.2. The number of carbonyl (C=O) groups excluding carboxylic acids is 2. The number of aryl methyl sites for hydroxylation is 1. The van der Waals surface area contributed by atoms with E-state index in [0.717, 1.165) is 11.3 Å². The molecule has 0 saturated carbocycles. The van der Waals surface area contributed by atoms with Gasteiger partial charge in [0.1, 0.15) is 6.07 Å². The predicted molar refractivity (Wildman–Crippen MR) is 97.5 cm³/mol. The summed E-state index contributed by atoms with van der Waals surface area (Å²) in [4.78, 5) is 24.8. The predicted octanol–water partition coefficient (Wildman–Crippen LogP) is 3.79. The SMILES string of the molecule is Cc1ccc(NC(=O)CSc2ccccc2C(=O)OC(C)C#N)cc1. The highest BCUT2D eigenvalue weighted by atomic mass is 32.2. The Morgan fingerprint density at radius 3 is 2.56 bits per heavy atom. The van der Waals surface area contributed by atoms with Crippen LogP contribution in [0, 0.1) is 18.3 Å². The fourth-order valence-electron chi connectivity index (χ4n) is 1.99. The zero-order valence-electron chi connectivity index (χ0n) is 14.0. The second-order valence-electron chi connectivity index (χ2n) is 5.38. The van der Waals surface area contributed by atoms with Gasteiger partial charge in [0.05, 0.1) is 11.3 Å². The number of anilines is 1. The van der Waals surface area contributed by atoms with E-state index in [2.05, 4.69) is 5.32 Å². The molecular formula is C19H18N2O3S. The number of ether oxygens (including phenoxy) is 1. The van der Waals surface area contributed by atoms with Crippen molar-refractivity contribution in [1.82, 2.24) is 0 Å². The van der Waals surface area contributed by atoms with E-state index in [1.54, 1.807) is 24.3 Å². The van der Waals surface area contributed by atoms with E-state index in [4.69, 9.17) is 10.00 Å². The van der Waals surface area contributed by atoms with Gasteiger partial charge in [0, 0.05) is 10.6 Å². The van der Waals surface area contributed by atoms with Gasteiger partial charge in [0.15, 0.2) is 6.10 Å². The highest BCUT2D eigenvalue weighted by Crippen LogP contribution is 2.24. The number of benzene rings is 2. The molecule has 0 bridgehead atoms. The summed E-state index contributed by atoms with van der Waals surface area (Å²) in [5.74, 6) is -0.579. The fourth-order valence-corrected chi connectivity index (χ4v) is 2.83. The number of nitrogens with zero attached hydrogens (tertiary/aromatic N) is 1. The Kier molecular flexibility index (Phi) is 6.61. The lowest BCUT2D eigenvalue weighted by Gasteiger charge is -2.10. The minimum Gasteiger partial charge on any atom is -0.444 e. The first-order valence-corrected chi connectivity index (χ1v) is 8.67. The summed E-state index contributed by atoms with van der Waals surface area (Å²) in [6.45, 7) is 3.48. The van der Waals surface area contributed by atoms with Crippen molar-refractivity contribution in [2.45, 2.75) is 24.8 Å². The second kappa shape index (κ2) is 8.90. The van der Waals surface area contributed by atoms with Gasteiger partial charge in [0.25, 0.3) is 0 Å². The molecule has 0 heterocycles. The van der Waals surface area contributed by atoms with E-state index < -0.39 is 12.1 Å². The lowest BCUT2D eigenvalue weighted by atomic mass is 10.2. The average Bonchev–Trinajstić information content (AvgIpc) is 2.62. The molecule has 128 valence electrons. The topological polar surface area (TPSA) is 79.2 Å². The number of amides is 1. The monoisotopic (exact) mass is 354 g/mol. The molecule has 0 fully saturated rings. The van der Waals surface area contributed by atoms with Gasteiger partial charge in [-0.3, -0.25) is 4.79 Å². The number of hydrogen-bond donors (Lipinski definition) is 1. The molecule has 2 aromatic carbocycles. The van der Waals surface area contributed by atoms with Crippen LogP contribution in [0.1, 0.15) is 22.8 Å². The number of thioether (sulfide) groups is 1. The number of rotatable bonds is 6. The van der Waals surface area contributed by atoms with E-state index >= 15 is 0 Å². The van der Waals surface area contributed by atoms with Crippen molar-refractivity contribution in [2.75, 3.05) is 11.1 Å². The first kappa shape index (κ1) is 18.6. The number of nitriles is 1. The summed E-state index contributed by atoms with van der Waals surface area (Å²) < 4.78 is 5.03. The Bertz CT molecular complexity index is 797. The van der Waals surface area contributed by atoms with Crippen LogP contribution in [0.5, 0.6) is 0 Å². The van der Waals surface area contributed by atoms with E-state index in [1.165, 1.54) is 18.7 Å². The third kappa shape index (κ3) is 5.66. The molecule has 2 aromatic rings. The maximum absolute atomic E-state index is 12.1. The number of esters is 1. The van der Waals surface area contributed by atoms with Gasteiger partial charge >= 0.3 is 5.97 Å². The van der Waals surface area contributed by atoms with Crippen molar-refractivity contribution in [3.05, 3.63) is 59.7 Å². The van der Waals surface area contributed by atoms with Crippen molar-refractivity contribution in [3.63, 3.8) is 0 Å². The molecule has 0 aliphatic rings. The molecular weight excluding hydrogens is 336 g/mol. The van der Waals surface area contributed by atoms with Gasteiger partial charge in [-0.2, -0.15) is 5.26 Å². The molecule has 2 rings (SSSR count). The van der Waals surface area contributed by atoms with E-state index in [9.17, 15) is 9.59 Å². The van der Waals surface area contributed by atoms with Gasteiger partial charge in [-0.1, -0.05) is 29.8 Å². The number of carbonyl (C=O) groups is 2. The van der Waals surface area contributed by atoms with Crippen molar-refractivity contribution < 1.29 is 14.3 Å². The smallest absolute Gasteiger partial charge is 0.340 e. The van der Waals surface area contributed by atoms with Gasteiger partial charge in [-0.05, 0) is 38.1 Å². The summed E-state index contributed by atoms with van der Waals surface area (Å²) >= 11 is 1.24. The molecule has 0 aromatic heterocycles. The molecule has 0 aliphatic carbocycles. The van der Waals surface area contributed by atoms with Crippen molar-refractivity contribution >= 4 is 29.3 Å². The van der Waals surface area contributed by atoms with E-state index in [-0.39, 0.29) is 11.7 Å². The third-order valence-corrected chi connectivity index (χ3v) is 4.34.